The van der Waals surface area contributed by atoms with Crippen molar-refractivity contribution in [1.29, 1.82) is 0 Å². The highest BCUT2D eigenvalue weighted by Gasteiger charge is 2.18. The van der Waals surface area contributed by atoms with Gasteiger partial charge in [0.2, 0.25) is 0 Å². The minimum absolute atomic E-state index is 0.310. The second kappa shape index (κ2) is 5.34. The number of nitrogen functional groups attached to an aromatic ring is 1. The molecule has 6 heteroatoms. The molecule has 1 unspecified atom stereocenters. The Labute approximate surface area is 122 Å². The number of aliphatic hydroxyl groups is 1. The lowest BCUT2D eigenvalue weighted by Gasteiger charge is -2.14. The normalized spacial score (nSPS) is 12.4. The van der Waals surface area contributed by atoms with E-state index in [4.69, 9.17) is 5.73 Å². The van der Waals surface area contributed by atoms with E-state index >= 15 is 0 Å². The Morgan fingerprint density at radius 1 is 1.22 bits per heavy atom. The Morgan fingerprint density at radius 2 is 1.94 bits per heavy atom. The molecule has 0 aliphatic rings. The SMILES string of the molecule is Cc1cnc(N)c(C(O)c2ncc(Br)cc2Br)c1. The lowest BCUT2D eigenvalue weighted by molar-refractivity contribution is 0.215. The lowest BCUT2D eigenvalue weighted by Crippen LogP contribution is -2.08. The Hall–Kier alpha value is -0.980. The van der Waals surface area contributed by atoms with E-state index in [1.165, 1.54) is 0 Å². The van der Waals surface area contributed by atoms with Crippen molar-refractivity contribution in [3.63, 3.8) is 0 Å². The van der Waals surface area contributed by atoms with Crippen molar-refractivity contribution < 1.29 is 5.11 Å². The van der Waals surface area contributed by atoms with Gasteiger partial charge in [-0.2, -0.15) is 0 Å². The van der Waals surface area contributed by atoms with E-state index in [-0.39, 0.29) is 0 Å². The van der Waals surface area contributed by atoms with Crippen molar-refractivity contribution in [2.45, 2.75) is 13.0 Å². The first-order valence-electron chi connectivity index (χ1n) is 5.20. The minimum Gasteiger partial charge on any atom is -0.383 e. The number of nitrogens with zero attached hydrogens (tertiary/aromatic N) is 2. The van der Waals surface area contributed by atoms with Crippen LogP contribution in [0, 0.1) is 6.92 Å². The molecule has 94 valence electrons. The van der Waals surface area contributed by atoms with Gasteiger partial charge in [-0.25, -0.2) is 4.98 Å². The van der Waals surface area contributed by atoms with E-state index in [0.717, 1.165) is 10.0 Å². The fraction of sp³-hybridized carbons (Fsp3) is 0.167. The molecule has 2 rings (SSSR count). The lowest BCUT2D eigenvalue weighted by atomic mass is 10.1. The van der Waals surface area contributed by atoms with Crippen molar-refractivity contribution >= 4 is 37.7 Å². The van der Waals surface area contributed by atoms with Crippen LogP contribution in [0.4, 0.5) is 5.82 Å². The summed E-state index contributed by atoms with van der Waals surface area (Å²) in [5.41, 5.74) is 7.79. The van der Waals surface area contributed by atoms with E-state index in [1.807, 2.05) is 19.1 Å². The molecule has 2 aromatic heterocycles. The van der Waals surface area contributed by atoms with Crippen molar-refractivity contribution in [3.8, 4) is 0 Å². The Bertz CT molecular complexity index is 590. The van der Waals surface area contributed by atoms with Crippen LogP contribution in [0.3, 0.4) is 0 Å². The van der Waals surface area contributed by atoms with Crippen LogP contribution in [-0.4, -0.2) is 15.1 Å². The van der Waals surface area contributed by atoms with E-state index in [2.05, 4.69) is 41.8 Å². The molecule has 0 aromatic carbocycles. The highest BCUT2D eigenvalue weighted by atomic mass is 79.9. The average molecular weight is 373 g/mol. The molecule has 0 spiro atoms. The molecule has 0 saturated heterocycles. The first kappa shape index (κ1) is 13.5. The van der Waals surface area contributed by atoms with Crippen molar-refractivity contribution in [2.24, 2.45) is 0 Å². The van der Waals surface area contributed by atoms with E-state index in [0.29, 0.717) is 21.5 Å². The van der Waals surface area contributed by atoms with Gasteiger partial charge in [-0.1, -0.05) is 0 Å². The monoisotopic (exact) mass is 371 g/mol. The van der Waals surface area contributed by atoms with Crippen LogP contribution in [0.15, 0.2) is 33.5 Å². The minimum atomic E-state index is -0.903. The van der Waals surface area contributed by atoms with Gasteiger partial charge in [0.05, 0.1) is 5.69 Å². The second-order valence-corrected chi connectivity index (χ2v) is 5.68. The summed E-state index contributed by atoms with van der Waals surface area (Å²) in [7, 11) is 0. The molecule has 0 fully saturated rings. The van der Waals surface area contributed by atoms with Gasteiger partial charge in [-0.05, 0) is 56.5 Å². The van der Waals surface area contributed by atoms with Gasteiger partial charge in [0.1, 0.15) is 11.9 Å². The van der Waals surface area contributed by atoms with Crippen LogP contribution >= 0.6 is 31.9 Å². The summed E-state index contributed by atoms with van der Waals surface area (Å²) >= 11 is 6.69. The second-order valence-electron chi connectivity index (χ2n) is 3.91. The van der Waals surface area contributed by atoms with Crippen LogP contribution < -0.4 is 5.73 Å². The molecule has 2 heterocycles. The van der Waals surface area contributed by atoms with Crippen molar-refractivity contribution in [2.75, 3.05) is 5.73 Å². The number of aliphatic hydroxyl groups excluding tert-OH is 1. The Morgan fingerprint density at radius 3 is 2.61 bits per heavy atom. The summed E-state index contributed by atoms with van der Waals surface area (Å²) in [6.07, 6.45) is 2.39. The third kappa shape index (κ3) is 2.71. The van der Waals surface area contributed by atoms with Gasteiger partial charge >= 0.3 is 0 Å². The van der Waals surface area contributed by atoms with Gasteiger partial charge < -0.3 is 10.8 Å². The van der Waals surface area contributed by atoms with Crippen LogP contribution in [0.25, 0.3) is 0 Å². The predicted molar refractivity (Wildman–Crippen MR) is 77.1 cm³/mol. The molecule has 1 atom stereocenters. The van der Waals surface area contributed by atoms with Gasteiger partial charge in [0, 0.05) is 26.9 Å². The maximum absolute atomic E-state index is 10.3. The van der Waals surface area contributed by atoms with Crippen LogP contribution in [0.5, 0.6) is 0 Å². The molecule has 0 amide bonds. The summed E-state index contributed by atoms with van der Waals surface area (Å²) < 4.78 is 1.55. The number of aryl methyl sites for hydroxylation is 1. The first-order chi connectivity index (χ1) is 8.49. The molecule has 0 radical (unpaired) electrons. The fourth-order valence-electron chi connectivity index (χ4n) is 1.60. The zero-order valence-electron chi connectivity index (χ0n) is 9.56. The van der Waals surface area contributed by atoms with Gasteiger partial charge in [-0.15, -0.1) is 0 Å². The average Bonchev–Trinajstić information content (AvgIpc) is 2.31. The zero-order valence-corrected chi connectivity index (χ0v) is 12.7. The molecular formula is C12H11Br2N3O. The maximum Gasteiger partial charge on any atom is 0.129 e. The zero-order chi connectivity index (χ0) is 13.3. The van der Waals surface area contributed by atoms with Crippen molar-refractivity contribution in [1.82, 2.24) is 9.97 Å². The molecular weight excluding hydrogens is 362 g/mol. The number of pyridine rings is 2. The molecule has 2 aromatic rings. The summed E-state index contributed by atoms with van der Waals surface area (Å²) in [6, 6.07) is 3.63. The number of anilines is 1. The summed E-state index contributed by atoms with van der Waals surface area (Å²) in [4.78, 5) is 8.24. The van der Waals surface area contributed by atoms with Crippen LogP contribution in [-0.2, 0) is 0 Å². The summed E-state index contributed by atoms with van der Waals surface area (Å²) in [6.45, 7) is 1.90. The smallest absolute Gasteiger partial charge is 0.129 e. The third-order valence-corrected chi connectivity index (χ3v) is 3.54. The number of rotatable bonds is 2. The quantitative estimate of drug-likeness (QED) is 0.849. The highest BCUT2D eigenvalue weighted by molar-refractivity contribution is 9.11. The predicted octanol–water partition coefficient (Wildman–Crippen LogP) is 2.97. The first-order valence-corrected chi connectivity index (χ1v) is 6.78. The maximum atomic E-state index is 10.3. The number of nitrogens with two attached hydrogens (primary N) is 1. The highest BCUT2D eigenvalue weighted by Crippen LogP contribution is 2.30. The molecule has 18 heavy (non-hydrogen) atoms. The molecule has 0 aliphatic carbocycles. The Balaban J connectivity index is 2.47. The van der Waals surface area contributed by atoms with E-state index in [1.54, 1.807) is 12.4 Å². The number of halogens is 2. The Kier molecular flexibility index (Phi) is 3.99. The van der Waals surface area contributed by atoms with Crippen molar-refractivity contribution in [3.05, 3.63) is 50.3 Å². The van der Waals surface area contributed by atoms with Gasteiger partial charge in [-0.3, -0.25) is 4.98 Å². The molecule has 0 saturated carbocycles. The fourth-order valence-corrected chi connectivity index (χ4v) is 2.80. The molecule has 0 aliphatic heterocycles. The molecule has 4 nitrogen and oxygen atoms in total. The summed E-state index contributed by atoms with van der Waals surface area (Å²) in [5.74, 6) is 0.310. The molecule has 3 N–H and O–H groups in total. The standard InChI is InChI=1S/C12H11Br2N3O/c1-6-2-8(12(15)17-4-6)11(18)10-9(14)3-7(13)5-16-10/h2-5,11,18H,1H3,(H2,15,17). The van der Waals surface area contributed by atoms with E-state index in [9.17, 15) is 5.11 Å². The summed E-state index contributed by atoms with van der Waals surface area (Å²) in [5, 5.41) is 10.3. The van der Waals surface area contributed by atoms with Gasteiger partial charge in [0.15, 0.2) is 0 Å². The molecule has 0 bridgehead atoms. The third-order valence-electron chi connectivity index (χ3n) is 2.48. The topological polar surface area (TPSA) is 72.0 Å². The van der Waals surface area contributed by atoms with Crippen LogP contribution in [0.2, 0.25) is 0 Å². The van der Waals surface area contributed by atoms with E-state index < -0.39 is 6.10 Å². The van der Waals surface area contributed by atoms with Gasteiger partial charge in [0.25, 0.3) is 0 Å². The van der Waals surface area contributed by atoms with Crippen LogP contribution in [0.1, 0.15) is 22.9 Å². The number of aromatic nitrogens is 2. The largest absolute Gasteiger partial charge is 0.383 e. The number of hydrogen-bond donors (Lipinski definition) is 2. The number of hydrogen-bond acceptors (Lipinski definition) is 4.